The van der Waals surface area contributed by atoms with E-state index in [1.807, 2.05) is 0 Å². The zero-order valence-electron chi connectivity index (χ0n) is 9.81. The van der Waals surface area contributed by atoms with Crippen LogP contribution >= 0.6 is 0 Å². The van der Waals surface area contributed by atoms with Gasteiger partial charge in [0.15, 0.2) is 0 Å². The van der Waals surface area contributed by atoms with E-state index < -0.39 is 10.0 Å². The molecule has 4 N–H and O–H groups in total. The molecule has 2 atom stereocenters. The summed E-state index contributed by atoms with van der Waals surface area (Å²) in [6.07, 6.45) is 4.38. The lowest BCUT2D eigenvalue weighted by Crippen LogP contribution is -2.36. The normalized spacial score (nSPS) is 25.3. The van der Waals surface area contributed by atoms with Gasteiger partial charge in [-0.25, -0.2) is 13.1 Å². The summed E-state index contributed by atoms with van der Waals surface area (Å²) >= 11 is 0. The van der Waals surface area contributed by atoms with Crippen LogP contribution in [0.2, 0.25) is 0 Å². The van der Waals surface area contributed by atoms with Gasteiger partial charge in [-0.2, -0.15) is 5.10 Å². The number of rotatable bonds is 4. The molecule has 1 aliphatic carbocycles. The Kier molecular flexibility index (Phi) is 3.50. The highest BCUT2D eigenvalue weighted by Gasteiger charge is 2.26. The van der Waals surface area contributed by atoms with E-state index in [0.29, 0.717) is 12.2 Å². The molecule has 1 fully saturated rings. The molecule has 1 aromatic heterocycles. The van der Waals surface area contributed by atoms with Gasteiger partial charge in [-0.15, -0.1) is 0 Å². The topological polar surface area (TPSA) is 101 Å². The highest BCUT2D eigenvalue weighted by Crippen LogP contribution is 2.23. The van der Waals surface area contributed by atoms with Crippen molar-refractivity contribution in [1.29, 1.82) is 0 Å². The fourth-order valence-electron chi connectivity index (χ4n) is 2.22. The van der Waals surface area contributed by atoms with E-state index in [9.17, 15) is 8.42 Å². The molecule has 0 spiro atoms. The minimum Gasteiger partial charge on any atom is -0.327 e. The van der Waals surface area contributed by atoms with Gasteiger partial charge in [-0.3, -0.25) is 5.10 Å². The number of nitrogens with two attached hydrogens (primary N) is 1. The van der Waals surface area contributed by atoms with Gasteiger partial charge in [-0.05, 0) is 25.7 Å². The van der Waals surface area contributed by atoms with Crippen LogP contribution < -0.4 is 10.5 Å². The van der Waals surface area contributed by atoms with Crippen LogP contribution in [0.5, 0.6) is 0 Å². The average molecular weight is 258 g/mol. The monoisotopic (exact) mass is 258 g/mol. The summed E-state index contributed by atoms with van der Waals surface area (Å²) in [6, 6.07) is 0.114. The van der Waals surface area contributed by atoms with Crippen molar-refractivity contribution in [3.8, 4) is 0 Å². The molecule has 2 unspecified atom stereocenters. The zero-order chi connectivity index (χ0) is 12.5. The Morgan fingerprint density at radius 2 is 2.35 bits per heavy atom. The number of hydrogen-bond acceptors (Lipinski definition) is 4. The second-order valence-corrected chi connectivity index (χ2v) is 6.30. The van der Waals surface area contributed by atoms with Crippen LogP contribution in [0, 0.1) is 12.8 Å². The summed E-state index contributed by atoms with van der Waals surface area (Å²) in [5.74, 6) is 0.247. The third kappa shape index (κ3) is 2.67. The van der Waals surface area contributed by atoms with Crippen LogP contribution in [0.15, 0.2) is 11.1 Å². The maximum atomic E-state index is 12.0. The quantitative estimate of drug-likeness (QED) is 0.714. The van der Waals surface area contributed by atoms with E-state index in [1.165, 1.54) is 6.20 Å². The molecule has 96 valence electrons. The number of H-pyrrole nitrogens is 1. The van der Waals surface area contributed by atoms with Crippen LogP contribution in [0.3, 0.4) is 0 Å². The van der Waals surface area contributed by atoms with E-state index in [-0.39, 0.29) is 16.9 Å². The van der Waals surface area contributed by atoms with Crippen molar-refractivity contribution in [3.63, 3.8) is 0 Å². The van der Waals surface area contributed by atoms with Crippen LogP contribution in [-0.2, 0) is 10.0 Å². The Balaban J connectivity index is 2.01. The minimum absolute atomic E-state index is 0.114. The molecular weight excluding hydrogens is 240 g/mol. The van der Waals surface area contributed by atoms with Gasteiger partial charge >= 0.3 is 0 Å². The second-order valence-electron chi connectivity index (χ2n) is 4.57. The average Bonchev–Trinajstić information content (AvgIpc) is 2.85. The first-order valence-corrected chi connectivity index (χ1v) is 7.24. The number of aromatic amines is 1. The van der Waals surface area contributed by atoms with Crippen molar-refractivity contribution in [3.05, 3.63) is 11.9 Å². The molecule has 6 nitrogen and oxygen atoms in total. The molecule has 0 radical (unpaired) electrons. The number of hydrogen-bond donors (Lipinski definition) is 3. The molecule has 1 heterocycles. The van der Waals surface area contributed by atoms with Crippen molar-refractivity contribution < 1.29 is 8.42 Å². The zero-order valence-corrected chi connectivity index (χ0v) is 10.6. The standard InChI is InChI=1S/C10H18N4O2S/c1-7-10(6-12-14-7)17(15,16)13-5-8-3-2-4-9(8)11/h6,8-9,13H,2-5,11H2,1H3,(H,12,14). The predicted octanol–water partition coefficient (Wildman–Crippen LogP) is 0.124. The molecule has 17 heavy (non-hydrogen) atoms. The Morgan fingerprint density at radius 3 is 2.88 bits per heavy atom. The van der Waals surface area contributed by atoms with E-state index in [1.54, 1.807) is 6.92 Å². The van der Waals surface area contributed by atoms with E-state index in [4.69, 9.17) is 5.73 Å². The number of sulfonamides is 1. The van der Waals surface area contributed by atoms with E-state index >= 15 is 0 Å². The van der Waals surface area contributed by atoms with Gasteiger partial charge in [0.25, 0.3) is 0 Å². The maximum absolute atomic E-state index is 12.0. The van der Waals surface area contributed by atoms with Crippen LogP contribution in [-0.4, -0.2) is 31.2 Å². The molecule has 0 amide bonds. The van der Waals surface area contributed by atoms with Crippen molar-refractivity contribution >= 4 is 10.0 Å². The first kappa shape index (κ1) is 12.5. The minimum atomic E-state index is -3.46. The van der Waals surface area contributed by atoms with Crippen molar-refractivity contribution in [2.24, 2.45) is 11.7 Å². The van der Waals surface area contributed by atoms with E-state index in [0.717, 1.165) is 19.3 Å². The Bertz CT molecular complexity index is 482. The third-order valence-corrected chi connectivity index (χ3v) is 4.86. The maximum Gasteiger partial charge on any atom is 0.243 e. The van der Waals surface area contributed by atoms with Gasteiger partial charge in [0.1, 0.15) is 4.90 Å². The Morgan fingerprint density at radius 1 is 1.59 bits per heavy atom. The lowest BCUT2D eigenvalue weighted by molar-refractivity contribution is 0.469. The molecule has 7 heteroatoms. The molecule has 1 aliphatic rings. The molecule has 2 rings (SSSR count). The fraction of sp³-hybridized carbons (Fsp3) is 0.700. The first-order valence-electron chi connectivity index (χ1n) is 5.76. The lowest BCUT2D eigenvalue weighted by Gasteiger charge is -2.15. The SMILES string of the molecule is Cc1[nH]ncc1S(=O)(=O)NCC1CCCC1N. The Labute approximate surface area is 101 Å². The van der Waals surface area contributed by atoms with Gasteiger partial charge in [0.05, 0.1) is 11.9 Å². The summed E-state index contributed by atoms with van der Waals surface area (Å²) in [7, 11) is -3.46. The molecule has 1 saturated carbocycles. The number of aromatic nitrogens is 2. The van der Waals surface area contributed by atoms with Crippen molar-refractivity contribution in [2.75, 3.05) is 6.54 Å². The van der Waals surface area contributed by atoms with Crippen LogP contribution in [0.4, 0.5) is 0 Å². The molecule has 0 aliphatic heterocycles. The fourth-order valence-corrected chi connectivity index (χ4v) is 3.45. The van der Waals surface area contributed by atoms with Crippen LogP contribution in [0.1, 0.15) is 25.0 Å². The lowest BCUT2D eigenvalue weighted by atomic mass is 10.1. The summed E-state index contributed by atoms with van der Waals surface area (Å²) in [5, 5.41) is 6.33. The summed E-state index contributed by atoms with van der Waals surface area (Å²) in [6.45, 7) is 2.09. The number of nitrogens with one attached hydrogen (secondary N) is 2. The predicted molar refractivity (Wildman–Crippen MR) is 63.8 cm³/mol. The van der Waals surface area contributed by atoms with Gasteiger partial charge in [0, 0.05) is 12.6 Å². The van der Waals surface area contributed by atoms with Crippen LogP contribution in [0.25, 0.3) is 0 Å². The summed E-state index contributed by atoms with van der Waals surface area (Å²) in [5.41, 5.74) is 6.45. The molecule has 1 aromatic rings. The first-order chi connectivity index (χ1) is 8.00. The number of nitrogens with zero attached hydrogens (tertiary/aromatic N) is 1. The number of aryl methyl sites for hydroxylation is 1. The van der Waals surface area contributed by atoms with Gasteiger partial charge in [-0.1, -0.05) is 6.42 Å². The Hall–Kier alpha value is -0.920. The highest BCUT2D eigenvalue weighted by molar-refractivity contribution is 7.89. The highest BCUT2D eigenvalue weighted by atomic mass is 32.2. The molecule has 0 bridgehead atoms. The smallest absolute Gasteiger partial charge is 0.243 e. The second kappa shape index (κ2) is 4.75. The molecular formula is C10H18N4O2S. The summed E-state index contributed by atoms with van der Waals surface area (Å²) in [4.78, 5) is 0.212. The molecule has 0 saturated heterocycles. The molecule has 0 aromatic carbocycles. The largest absolute Gasteiger partial charge is 0.327 e. The van der Waals surface area contributed by atoms with Gasteiger partial charge < -0.3 is 5.73 Å². The van der Waals surface area contributed by atoms with Gasteiger partial charge in [0.2, 0.25) is 10.0 Å². The van der Waals surface area contributed by atoms with E-state index in [2.05, 4.69) is 14.9 Å². The third-order valence-electron chi connectivity index (χ3n) is 3.33. The van der Waals surface area contributed by atoms with Crippen molar-refractivity contribution in [2.45, 2.75) is 37.1 Å². The van der Waals surface area contributed by atoms with Crippen molar-refractivity contribution in [1.82, 2.24) is 14.9 Å². The summed E-state index contributed by atoms with van der Waals surface area (Å²) < 4.78 is 26.5.